The third kappa shape index (κ3) is 5.47. The van der Waals surface area contributed by atoms with Gasteiger partial charge < -0.3 is 0 Å². The molecule has 0 radical (unpaired) electrons. The van der Waals surface area contributed by atoms with E-state index < -0.39 is 0 Å². The first-order chi connectivity index (χ1) is 15.8. The van der Waals surface area contributed by atoms with Gasteiger partial charge >= 0.3 is 0 Å². The van der Waals surface area contributed by atoms with Gasteiger partial charge in [-0.25, -0.2) is 4.98 Å². The molecule has 1 N–H and O–H groups in total. The Hall–Kier alpha value is -2.23. The van der Waals surface area contributed by atoms with Gasteiger partial charge in [-0.2, -0.15) is 0 Å². The first-order valence-corrected chi connectivity index (χ1v) is 12.6. The molecule has 33 heavy (non-hydrogen) atoms. The van der Waals surface area contributed by atoms with Crippen LogP contribution in [0, 0.1) is 0 Å². The van der Waals surface area contributed by atoms with E-state index >= 15 is 0 Å². The Morgan fingerprint density at radius 3 is 2.61 bits per heavy atom. The monoisotopic (exact) mass is 533 g/mol. The summed E-state index contributed by atoms with van der Waals surface area (Å²) in [5.74, 6) is -0.656. The van der Waals surface area contributed by atoms with Gasteiger partial charge in [0.05, 0.1) is 15.0 Å². The standard InChI is InChI=1S/C23H17Cl2N3O2S3/c1-28-21(30)19(33-23(28)31)16(10-13-6-3-2-4-7-13)20(29)27-22-26-12-15(32-22)11-14-8-5-9-17(24)18(14)25/h2-9,12H,10-11H2,1H3,(H,26,27,29)/b19-16+. The number of rotatable bonds is 6. The number of nitrogens with one attached hydrogen (secondary N) is 1. The van der Waals surface area contributed by atoms with Crippen molar-refractivity contribution in [1.29, 1.82) is 0 Å². The lowest BCUT2D eigenvalue weighted by molar-refractivity contribution is -0.122. The zero-order valence-corrected chi connectivity index (χ0v) is 21.3. The van der Waals surface area contributed by atoms with Crippen molar-refractivity contribution in [2.45, 2.75) is 12.8 Å². The molecule has 0 unspecified atom stereocenters. The van der Waals surface area contributed by atoms with Crippen molar-refractivity contribution in [3.05, 3.63) is 91.3 Å². The number of carbonyl (C=O) groups excluding carboxylic acids is 2. The molecule has 4 rings (SSSR count). The van der Waals surface area contributed by atoms with Crippen molar-refractivity contribution in [2.75, 3.05) is 12.4 Å². The normalized spacial score (nSPS) is 15.2. The van der Waals surface area contributed by atoms with E-state index in [0.717, 1.165) is 27.8 Å². The van der Waals surface area contributed by atoms with Crippen LogP contribution in [-0.2, 0) is 22.4 Å². The van der Waals surface area contributed by atoms with Crippen molar-refractivity contribution in [3.8, 4) is 0 Å². The van der Waals surface area contributed by atoms with Crippen LogP contribution in [0.2, 0.25) is 10.0 Å². The molecule has 2 amide bonds. The molecule has 1 aliphatic rings. The Bertz CT molecular complexity index is 1270. The van der Waals surface area contributed by atoms with Crippen molar-refractivity contribution >= 4 is 79.8 Å². The number of amides is 2. The van der Waals surface area contributed by atoms with Crippen molar-refractivity contribution in [2.24, 2.45) is 0 Å². The number of nitrogens with zero attached hydrogens (tertiary/aromatic N) is 2. The van der Waals surface area contributed by atoms with E-state index in [1.54, 1.807) is 19.3 Å². The Morgan fingerprint density at radius 1 is 1.15 bits per heavy atom. The number of hydrogen-bond donors (Lipinski definition) is 1. The van der Waals surface area contributed by atoms with E-state index in [-0.39, 0.29) is 11.8 Å². The summed E-state index contributed by atoms with van der Waals surface area (Å²) in [5.41, 5.74) is 2.15. The minimum absolute atomic E-state index is 0.276. The Morgan fingerprint density at radius 2 is 1.91 bits per heavy atom. The zero-order chi connectivity index (χ0) is 23.5. The minimum atomic E-state index is -0.380. The van der Waals surface area contributed by atoms with Crippen LogP contribution in [0.25, 0.3) is 0 Å². The number of anilines is 1. The van der Waals surface area contributed by atoms with Gasteiger partial charge in [0.15, 0.2) is 5.13 Å². The number of hydrogen-bond acceptors (Lipinski definition) is 6. The first kappa shape index (κ1) is 23.9. The second kappa shape index (κ2) is 10.4. The van der Waals surface area contributed by atoms with Crippen LogP contribution in [-0.4, -0.2) is 33.1 Å². The highest BCUT2D eigenvalue weighted by molar-refractivity contribution is 8.26. The largest absolute Gasteiger partial charge is 0.298 e. The molecule has 3 aromatic rings. The first-order valence-electron chi connectivity index (χ1n) is 9.79. The maximum atomic E-state index is 13.3. The van der Waals surface area contributed by atoms with Crippen LogP contribution >= 0.6 is 58.5 Å². The number of benzene rings is 2. The predicted molar refractivity (Wildman–Crippen MR) is 140 cm³/mol. The summed E-state index contributed by atoms with van der Waals surface area (Å²) in [6.45, 7) is 0. The molecule has 1 saturated heterocycles. The summed E-state index contributed by atoms with van der Waals surface area (Å²) in [5, 5.41) is 4.28. The summed E-state index contributed by atoms with van der Waals surface area (Å²) < 4.78 is 0.420. The Balaban J connectivity index is 1.57. The van der Waals surface area contributed by atoms with Gasteiger partial charge in [0, 0.05) is 36.5 Å². The van der Waals surface area contributed by atoms with E-state index in [9.17, 15) is 9.59 Å². The summed E-state index contributed by atoms with van der Waals surface area (Å²) in [6, 6.07) is 15.0. The number of likely N-dealkylation sites (N-methyl/N-ethyl adjacent to an activating group) is 1. The number of aromatic nitrogens is 1. The maximum absolute atomic E-state index is 13.3. The Labute approximate surface area is 214 Å². The number of carbonyl (C=O) groups is 2. The topological polar surface area (TPSA) is 62.3 Å². The molecule has 1 aromatic heterocycles. The summed E-state index contributed by atoms with van der Waals surface area (Å²) in [7, 11) is 1.61. The zero-order valence-electron chi connectivity index (χ0n) is 17.3. The fraction of sp³-hybridized carbons (Fsp3) is 0.130. The van der Waals surface area contributed by atoms with Gasteiger partial charge in [-0.1, -0.05) is 89.6 Å². The average molecular weight is 535 g/mol. The van der Waals surface area contributed by atoms with Crippen LogP contribution in [0.5, 0.6) is 0 Å². The average Bonchev–Trinajstić information content (AvgIpc) is 3.35. The van der Waals surface area contributed by atoms with Crippen molar-refractivity contribution < 1.29 is 9.59 Å². The van der Waals surface area contributed by atoms with E-state index in [1.807, 2.05) is 42.5 Å². The summed E-state index contributed by atoms with van der Waals surface area (Å²) >= 11 is 20.1. The van der Waals surface area contributed by atoms with Crippen LogP contribution in [0.1, 0.15) is 16.0 Å². The van der Waals surface area contributed by atoms with Crippen molar-refractivity contribution in [1.82, 2.24) is 9.88 Å². The molecule has 0 atom stereocenters. The van der Waals surface area contributed by atoms with Crippen LogP contribution < -0.4 is 5.32 Å². The fourth-order valence-electron chi connectivity index (χ4n) is 3.18. The van der Waals surface area contributed by atoms with Gasteiger partial charge in [0.25, 0.3) is 11.8 Å². The molecule has 1 aliphatic heterocycles. The van der Waals surface area contributed by atoms with E-state index in [4.69, 9.17) is 35.4 Å². The quantitative estimate of drug-likeness (QED) is 0.312. The lowest BCUT2D eigenvalue weighted by atomic mass is 10.0. The maximum Gasteiger partial charge on any atom is 0.266 e. The summed E-state index contributed by atoms with van der Waals surface area (Å²) in [6.07, 6.45) is 2.53. The highest BCUT2D eigenvalue weighted by atomic mass is 35.5. The highest BCUT2D eigenvalue weighted by Gasteiger charge is 2.34. The molecule has 2 aromatic carbocycles. The predicted octanol–water partition coefficient (Wildman–Crippen LogP) is 5.97. The van der Waals surface area contributed by atoms with Gasteiger partial charge in [-0.15, -0.1) is 11.3 Å². The molecule has 0 bridgehead atoms. The molecular weight excluding hydrogens is 517 g/mol. The molecule has 2 heterocycles. The number of thiazole rings is 1. The number of thioether (sulfide) groups is 1. The second-order valence-corrected chi connectivity index (χ2v) is 10.7. The third-order valence-corrected chi connectivity index (χ3v) is 8.27. The van der Waals surface area contributed by atoms with Gasteiger partial charge in [-0.05, 0) is 17.2 Å². The van der Waals surface area contributed by atoms with Crippen molar-refractivity contribution in [3.63, 3.8) is 0 Å². The highest BCUT2D eigenvalue weighted by Crippen LogP contribution is 2.34. The number of halogens is 2. The minimum Gasteiger partial charge on any atom is -0.298 e. The van der Waals surface area contributed by atoms with E-state index in [1.165, 1.54) is 16.2 Å². The lowest BCUT2D eigenvalue weighted by Crippen LogP contribution is -2.24. The smallest absolute Gasteiger partial charge is 0.266 e. The summed E-state index contributed by atoms with van der Waals surface area (Å²) in [4.78, 5) is 32.9. The fourth-order valence-corrected chi connectivity index (χ4v) is 5.64. The molecule has 0 saturated carbocycles. The SMILES string of the molecule is CN1C(=O)/C(=C(/Cc2ccccc2)C(=O)Nc2ncc(Cc3cccc(Cl)c3Cl)s2)SC1=S. The molecule has 1 fully saturated rings. The molecule has 10 heteroatoms. The van der Waals surface area contributed by atoms with Crippen LogP contribution in [0.15, 0.2) is 65.2 Å². The molecule has 168 valence electrons. The molecule has 0 spiro atoms. The van der Waals surface area contributed by atoms with E-state index in [2.05, 4.69) is 10.3 Å². The Kier molecular flexibility index (Phi) is 7.51. The second-order valence-electron chi connectivity index (χ2n) is 7.18. The lowest BCUT2D eigenvalue weighted by Gasteiger charge is -2.10. The van der Waals surface area contributed by atoms with Crippen LogP contribution in [0.3, 0.4) is 0 Å². The third-order valence-electron chi connectivity index (χ3n) is 4.90. The van der Waals surface area contributed by atoms with E-state index in [0.29, 0.717) is 42.8 Å². The molecular formula is C23H17Cl2N3O2S3. The van der Waals surface area contributed by atoms with Gasteiger partial charge in [0.1, 0.15) is 4.32 Å². The van der Waals surface area contributed by atoms with Gasteiger partial charge in [-0.3, -0.25) is 19.8 Å². The molecule has 5 nitrogen and oxygen atoms in total. The van der Waals surface area contributed by atoms with Crippen LogP contribution in [0.4, 0.5) is 5.13 Å². The molecule has 0 aliphatic carbocycles. The van der Waals surface area contributed by atoms with Gasteiger partial charge in [0.2, 0.25) is 0 Å². The number of thiocarbonyl (C=S) groups is 1.